The van der Waals surface area contributed by atoms with Crippen LogP contribution in [-0.4, -0.2) is 30.9 Å². The minimum absolute atomic E-state index is 0.160. The molecular formula is C19H18F4N2O3. The van der Waals surface area contributed by atoms with E-state index in [1.165, 1.54) is 12.1 Å². The first-order valence-electron chi connectivity index (χ1n) is 8.33. The number of amides is 2. The lowest BCUT2D eigenvalue weighted by atomic mass is 10.1. The second-order valence-corrected chi connectivity index (χ2v) is 5.80. The number of carbonyl (C=O) groups is 2. The van der Waals surface area contributed by atoms with E-state index < -0.39 is 30.1 Å². The Kier molecular flexibility index (Phi) is 7.36. The van der Waals surface area contributed by atoms with Crippen LogP contribution < -0.4 is 15.4 Å². The van der Waals surface area contributed by atoms with E-state index >= 15 is 0 Å². The van der Waals surface area contributed by atoms with Gasteiger partial charge in [-0.1, -0.05) is 42.5 Å². The predicted molar refractivity (Wildman–Crippen MR) is 93.0 cm³/mol. The first-order valence-corrected chi connectivity index (χ1v) is 8.33. The molecule has 0 aliphatic carbocycles. The van der Waals surface area contributed by atoms with E-state index in [1.807, 2.05) is 30.3 Å². The number of alkyl halides is 4. The average molecular weight is 398 g/mol. The molecule has 9 heteroatoms. The molecule has 2 aromatic carbocycles. The topological polar surface area (TPSA) is 67.4 Å². The summed E-state index contributed by atoms with van der Waals surface area (Å²) < 4.78 is 54.3. The Hall–Kier alpha value is -3.10. The van der Waals surface area contributed by atoms with Crippen LogP contribution in [0.1, 0.15) is 11.1 Å². The Labute approximate surface area is 158 Å². The summed E-state index contributed by atoms with van der Waals surface area (Å²) in [5, 5.41) is 4.49. The highest BCUT2D eigenvalue weighted by Gasteiger charge is 2.31. The van der Waals surface area contributed by atoms with Crippen molar-refractivity contribution in [1.29, 1.82) is 0 Å². The van der Waals surface area contributed by atoms with Crippen LogP contribution in [0, 0.1) is 0 Å². The van der Waals surface area contributed by atoms with Gasteiger partial charge in [-0.15, -0.1) is 13.2 Å². The number of halogens is 4. The van der Waals surface area contributed by atoms with E-state index in [0.717, 1.165) is 17.7 Å². The van der Waals surface area contributed by atoms with E-state index in [1.54, 1.807) is 0 Å². The molecule has 1 atom stereocenters. The van der Waals surface area contributed by atoms with Gasteiger partial charge in [0, 0.05) is 13.1 Å². The van der Waals surface area contributed by atoms with E-state index in [4.69, 9.17) is 0 Å². The van der Waals surface area contributed by atoms with Crippen LogP contribution in [0.5, 0.6) is 5.75 Å². The van der Waals surface area contributed by atoms with Crippen LogP contribution in [-0.2, 0) is 22.6 Å². The number of benzene rings is 2. The molecular weight excluding hydrogens is 380 g/mol. The van der Waals surface area contributed by atoms with Crippen LogP contribution >= 0.6 is 0 Å². The van der Waals surface area contributed by atoms with Crippen LogP contribution in [0.2, 0.25) is 0 Å². The highest BCUT2D eigenvalue weighted by molar-refractivity contribution is 6.03. The van der Waals surface area contributed by atoms with Gasteiger partial charge in [-0.3, -0.25) is 9.59 Å². The quantitative estimate of drug-likeness (QED) is 0.531. The van der Waals surface area contributed by atoms with Gasteiger partial charge in [-0.25, -0.2) is 4.39 Å². The van der Waals surface area contributed by atoms with Gasteiger partial charge in [-0.05, 0) is 29.7 Å². The average Bonchev–Trinajstić information content (AvgIpc) is 2.65. The molecule has 2 aromatic rings. The van der Waals surface area contributed by atoms with Crippen molar-refractivity contribution in [3.05, 3.63) is 65.7 Å². The van der Waals surface area contributed by atoms with E-state index in [2.05, 4.69) is 15.4 Å². The largest absolute Gasteiger partial charge is 0.573 e. The summed E-state index contributed by atoms with van der Waals surface area (Å²) in [5.74, 6) is -2.73. The Morgan fingerprint density at radius 3 is 2.25 bits per heavy atom. The lowest BCUT2D eigenvalue weighted by Crippen LogP contribution is -2.43. The number of hydrogen-bond acceptors (Lipinski definition) is 3. The molecule has 28 heavy (non-hydrogen) atoms. The lowest BCUT2D eigenvalue weighted by Gasteiger charge is -2.12. The number of nitrogens with one attached hydrogen (secondary N) is 2. The molecule has 0 aromatic heterocycles. The molecule has 0 heterocycles. The van der Waals surface area contributed by atoms with E-state index in [-0.39, 0.29) is 18.7 Å². The molecule has 0 aliphatic heterocycles. The molecule has 0 saturated heterocycles. The number of hydrogen-bond donors (Lipinski definition) is 2. The number of ether oxygens (including phenoxy) is 1. The fourth-order valence-electron chi connectivity index (χ4n) is 2.31. The van der Waals surface area contributed by atoms with Gasteiger partial charge < -0.3 is 15.4 Å². The van der Waals surface area contributed by atoms with Gasteiger partial charge in [0.2, 0.25) is 0 Å². The van der Waals surface area contributed by atoms with Crippen LogP contribution in [0.15, 0.2) is 54.6 Å². The Morgan fingerprint density at radius 1 is 0.929 bits per heavy atom. The van der Waals surface area contributed by atoms with Crippen molar-refractivity contribution in [2.24, 2.45) is 0 Å². The zero-order valence-electron chi connectivity index (χ0n) is 14.6. The molecule has 2 N–H and O–H groups in total. The first kappa shape index (κ1) is 21.2. The molecule has 0 bridgehead atoms. The molecule has 0 fully saturated rings. The monoisotopic (exact) mass is 398 g/mol. The lowest BCUT2D eigenvalue weighted by molar-refractivity contribution is -0.274. The van der Waals surface area contributed by atoms with Crippen molar-refractivity contribution in [2.75, 3.05) is 6.54 Å². The molecule has 0 radical (unpaired) electrons. The summed E-state index contributed by atoms with van der Waals surface area (Å²) in [4.78, 5) is 23.5. The smallest absolute Gasteiger partial charge is 0.406 e. The van der Waals surface area contributed by atoms with Gasteiger partial charge in [0.1, 0.15) is 5.75 Å². The zero-order valence-corrected chi connectivity index (χ0v) is 14.6. The molecule has 0 saturated carbocycles. The molecule has 5 nitrogen and oxygen atoms in total. The van der Waals surface area contributed by atoms with E-state index in [0.29, 0.717) is 6.42 Å². The van der Waals surface area contributed by atoms with Gasteiger partial charge >= 0.3 is 6.36 Å². The maximum absolute atomic E-state index is 13.9. The Morgan fingerprint density at radius 2 is 1.57 bits per heavy atom. The van der Waals surface area contributed by atoms with E-state index in [9.17, 15) is 27.2 Å². The van der Waals surface area contributed by atoms with Crippen molar-refractivity contribution in [3.8, 4) is 5.75 Å². The minimum atomic E-state index is -4.84. The zero-order chi connectivity index (χ0) is 20.6. The van der Waals surface area contributed by atoms with Gasteiger partial charge in [-0.2, -0.15) is 0 Å². The molecule has 1 unspecified atom stereocenters. The summed E-state index contributed by atoms with van der Waals surface area (Å²) in [6, 6.07) is 14.1. The molecule has 2 rings (SSSR count). The van der Waals surface area contributed by atoms with Crippen molar-refractivity contribution >= 4 is 11.8 Å². The van der Waals surface area contributed by atoms with Gasteiger partial charge in [0.25, 0.3) is 18.0 Å². The van der Waals surface area contributed by atoms with Crippen molar-refractivity contribution in [3.63, 3.8) is 0 Å². The first-order chi connectivity index (χ1) is 13.2. The minimum Gasteiger partial charge on any atom is -0.406 e. The summed E-state index contributed by atoms with van der Waals surface area (Å²) >= 11 is 0. The summed E-state index contributed by atoms with van der Waals surface area (Å²) in [6.07, 6.45) is -6.79. The third kappa shape index (κ3) is 7.26. The highest BCUT2D eigenvalue weighted by Crippen LogP contribution is 2.23. The third-order valence-corrected chi connectivity index (χ3v) is 3.61. The summed E-state index contributed by atoms with van der Waals surface area (Å²) in [7, 11) is 0. The molecule has 2 amide bonds. The van der Waals surface area contributed by atoms with Crippen LogP contribution in [0.25, 0.3) is 0 Å². The van der Waals surface area contributed by atoms with Crippen LogP contribution in [0.3, 0.4) is 0 Å². The second-order valence-electron chi connectivity index (χ2n) is 5.80. The normalized spacial score (nSPS) is 12.1. The number of carbonyl (C=O) groups excluding carboxylic acids is 2. The fraction of sp³-hybridized carbons (Fsp3) is 0.263. The van der Waals surface area contributed by atoms with Crippen molar-refractivity contribution in [1.82, 2.24) is 10.6 Å². The molecule has 0 spiro atoms. The van der Waals surface area contributed by atoms with Crippen molar-refractivity contribution in [2.45, 2.75) is 25.5 Å². The third-order valence-electron chi connectivity index (χ3n) is 3.61. The summed E-state index contributed by atoms with van der Waals surface area (Å²) in [6.45, 7) is -0.0982. The maximum Gasteiger partial charge on any atom is 0.573 e. The SMILES string of the molecule is O=C(NCCc1ccccc1)C(F)C(=O)NCc1cccc(OC(F)(F)F)c1. The molecule has 150 valence electrons. The van der Waals surface area contributed by atoms with Gasteiger partial charge in [0.15, 0.2) is 0 Å². The second kappa shape index (κ2) is 9.72. The predicted octanol–water partition coefficient (Wildman–Crippen LogP) is 2.90. The Bertz CT molecular complexity index is 797. The highest BCUT2D eigenvalue weighted by atomic mass is 19.4. The van der Waals surface area contributed by atoms with Crippen molar-refractivity contribution < 1.29 is 31.9 Å². The number of rotatable bonds is 8. The maximum atomic E-state index is 13.9. The van der Waals surface area contributed by atoms with Gasteiger partial charge in [0.05, 0.1) is 0 Å². The fourth-order valence-corrected chi connectivity index (χ4v) is 2.31. The summed E-state index contributed by atoms with van der Waals surface area (Å²) in [5.41, 5.74) is 1.20. The standard InChI is InChI=1S/C19H18F4N2O3/c20-16(17(26)24-10-9-13-5-2-1-3-6-13)18(27)25-12-14-7-4-8-15(11-14)28-19(21,22)23/h1-8,11,16H,9-10,12H2,(H,24,26)(H,25,27). The molecule has 0 aliphatic rings. The van der Waals surface area contributed by atoms with Crippen LogP contribution in [0.4, 0.5) is 17.6 Å². The Balaban J connectivity index is 1.78.